The molecule has 0 unspecified atom stereocenters. The highest BCUT2D eigenvalue weighted by molar-refractivity contribution is 6.31. The van der Waals surface area contributed by atoms with E-state index >= 15 is 0 Å². The molecule has 1 aliphatic rings. The van der Waals surface area contributed by atoms with Crippen LogP contribution in [0.4, 0.5) is 5.69 Å². The first kappa shape index (κ1) is 20.9. The number of hydrogen-bond acceptors (Lipinski definition) is 4. The van der Waals surface area contributed by atoms with Crippen LogP contribution in [-0.2, 0) is 27.2 Å². The van der Waals surface area contributed by atoms with E-state index in [4.69, 9.17) is 16.3 Å². The molecule has 2 aromatic carbocycles. The molecule has 0 bridgehead atoms. The summed E-state index contributed by atoms with van der Waals surface area (Å²) in [6.45, 7) is 1.11. The van der Waals surface area contributed by atoms with E-state index in [2.05, 4.69) is 10.6 Å². The first-order valence-electron chi connectivity index (χ1n) is 9.54. The van der Waals surface area contributed by atoms with Crippen LogP contribution in [-0.4, -0.2) is 30.9 Å². The third-order valence-electron chi connectivity index (χ3n) is 4.91. The molecule has 152 valence electrons. The third-order valence-corrected chi connectivity index (χ3v) is 5.32. The van der Waals surface area contributed by atoms with Crippen LogP contribution in [0.3, 0.4) is 0 Å². The molecule has 29 heavy (non-hydrogen) atoms. The molecule has 0 saturated carbocycles. The van der Waals surface area contributed by atoms with Crippen LogP contribution in [0.15, 0.2) is 36.4 Å². The quantitative estimate of drug-likeness (QED) is 0.709. The van der Waals surface area contributed by atoms with E-state index in [1.165, 1.54) is 17.5 Å². The van der Waals surface area contributed by atoms with Crippen molar-refractivity contribution in [3.05, 3.63) is 63.7 Å². The third kappa shape index (κ3) is 5.57. The number of anilines is 1. The Hall–Kier alpha value is -2.86. The largest absolute Gasteiger partial charge is 0.452 e. The minimum atomic E-state index is -0.549. The summed E-state index contributed by atoms with van der Waals surface area (Å²) in [5.74, 6) is -1.49. The van der Waals surface area contributed by atoms with Crippen LogP contribution in [0.25, 0.3) is 0 Å². The van der Waals surface area contributed by atoms with Gasteiger partial charge in [0.2, 0.25) is 5.91 Å². The lowest BCUT2D eigenvalue weighted by molar-refractivity contribution is -0.126. The number of fused-ring (bicyclic) bond motifs is 1. The summed E-state index contributed by atoms with van der Waals surface area (Å²) < 4.78 is 5.07. The fourth-order valence-electron chi connectivity index (χ4n) is 3.24. The Labute approximate surface area is 174 Å². The van der Waals surface area contributed by atoms with Crippen LogP contribution < -0.4 is 10.6 Å². The maximum Gasteiger partial charge on any atom is 0.338 e. The molecule has 0 aliphatic heterocycles. The Morgan fingerprint density at radius 3 is 2.59 bits per heavy atom. The highest BCUT2D eigenvalue weighted by atomic mass is 35.5. The Morgan fingerprint density at radius 1 is 1.03 bits per heavy atom. The van der Waals surface area contributed by atoms with Gasteiger partial charge in [-0.25, -0.2) is 4.79 Å². The first-order valence-corrected chi connectivity index (χ1v) is 9.92. The molecule has 0 atom stereocenters. The van der Waals surface area contributed by atoms with Crippen molar-refractivity contribution in [2.75, 3.05) is 18.5 Å². The average Bonchev–Trinajstić information content (AvgIpc) is 2.73. The van der Waals surface area contributed by atoms with Gasteiger partial charge in [-0.2, -0.15) is 0 Å². The van der Waals surface area contributed by atoms with E-state index in [9.17, 15) is 14.4 Å². The molecule has 0 fully saturated rings. The number of ether oxygens (including phenoxy) is 1. The molecule has 0 spiro atoms. The van der Waals surface area contributed by atoms with Gasteiger partial charge in [-0.05, 0) is 73.6 Å². The predicted octanol–water partition coefficient (Wildman–Crippen LogP) is 3.44. The number of halogens is 1. The van der Waals surface area contributed by atoms with Gasteiger partial charge in [-0.3, -0.25) is 9.59 Å². The van der Waals surface area contributed by atoms with Gasteiger partial charge in [0.1, 0.15) is 0 Å². The van der Waals surface area contributed by atoms with E-state index in [0.29, 0.717) is 16.3 Å². The van der Waals surface area contributed by atoms with E-state index in [1.54, 1.807) is 31.2 Å². The van der Waals surface area contributed by atoms with Gasteiger partial charge in [0, 0.05) is 10.7 Å². The molecule has 0 aromatic heterocycles. The minimum absolute atomic E-state index is 0.235. The van der Waals surface area contributed by atoms with Gasteiger partial charge in [-0.15, -0.1) is 0 Å². The van der Waals surface area contributed by atoms with Crippen molar-refractivity contribution in [1.82, 2.24) is 5.32 Å². The van der Waals surface area contributed by atoms with Crippen LogP contribution in [0, 0.1) is 6.92 Å². The molecule has 2 amide bonds. The second kappa shape index (κ2) is 9.56. The van der Waals surface area contributed by atoms with Crippen molar-refractivity contribution >= 4 is 35.1 Å². The highest BCUT2D eigenvalue weighted by Gasteiger charge is 2.15. The molecule has 7 heteroatoms. The van der Waals surface area contributed by atoms with Crippen molar-refractivity contribution in [3.8, 4) is 0 Å². The van der Waals surface area contributed by atoms with Gasteiger partial charge in [0.15, 0.2) is 6.61 Å². The summed E-state index contributed by atoms with van der Waals surface area (Å²) in [7, 11) is 0. The highest BCUT2D eigenvalue weighted by Crippen LogP contribution is 2.23. The summed E-state index contributed by atoms with van der Waals surface area (Å²) in [4.78, 5) is 36.1. The monoisotopic (exact) mass is 414 g/mol. The van der Waals surface area contributed by atoms with E-state index < -0.39 is 24.4 Å². The van der Waals surface area contributed by atoms with Crippen LogP contribution in [0.1, 0.15) is 39.9 Å². The summed E-state index contributed by atoms with van der Waals surface area (Å²) in [6.07, 6.45) is 4.27. The van der Waals surface area contributed by atoms with Crippen molar-refractivity contribution < 1.29 is 19.1 Å². The van der Waals surface area contributed by atoms with Gasteiger partial charge in [-0.1, -0.05) is 23.7 Å². The SMILES string of the molecule is Cc1c(Cl)cccc1NC(=O)CNC(=O)COC(=O)c1ccc2c(c1)CCCC2. The molecule has 0 saturated heterocycles. The molecule has 0 heterocycles. The second-order valence-corrected chi connectivity index (χ2v) is 7.41. The standard InChI is InChI=1S/C22H23ClN2O4/c1-14-18(23)7-4-8-19(14)25-20(26)12-24-21(27)13-29-22(28)17-10-9-15-5-2-3-6-16(15)11-17/h4,7-11H,2-3,5-6,12-13H2,1H3,(H,24,27)(H,25,26). The smallest absolute Gasteiger partial charge is 0.338 e. The van der Waals surface area contributed by atoms with Gasteiger partial charge < -0.3 is 15.4 Å². The molecule has 2 aromatic rings. The van der Waals surface area contributed by atoms with E-state index in [0.717, 1.165) is 24.8 Å². The molecule has 3 rings (SSSR count). The Balaban J connectivity index is 1.44. The van der Waals surface area contributed by atoms with Crippen LogP contribution in [0.2, 0.25) is 5.02 Å². The first-order chi connectivity index (χ1) is 13.9. The van der Waals surface area contributed by atoms with Crippen molar-refractivity contribution in [2.24, 2.45) is 0 Å². The molecular formula is C22H23ClN2O4. The molecule has 0 radical (unpaired) electrons. The number of aryl methyl sites for hydroxylation is 2. The zero-order valence-electron chi connectivity index (χ0n) is 16.2. The second-order valence-electron chi connectivity index (χ2n) is 7.00. The maximum absolute atomic E-state index is 12.2. The van der Waals surface area contributed by atoms with Crippen LogP contribution in [0.5, 0.6) is 0 Å². The maximum atomic E-state index is 12.2. The summed E-state index contributed by atoms with van der Waals surface area (Å²) in [5, 5.41) is 5.66. The average molecular weight is 415 g/mol. The summed E-state index contributed by atoms with van der Waals surface area (Å²) in [6, 6.07) is 10.7. The fourth-order valence-corrected chi connectivity index (χ4v) is 3.42. The lowest BCUT2D eigenvalue weighted by atomic mass is 9.90. The number of nitrogens with one attached hydrogen (secondary N) is 2. The molecular weight excluding hydrogens is 392 g/mol. The summed E-state index contributed by atoms with van der Waals surface area (Å²) in [5.41, 5.74) is 4.20. The normalized spacial score (nSPS) is 12.6. The number of benzene rings is 2. The molecule has 6 nitrogen and oxygen atoms in total. The minimum Gasteiger partial charge on any atom is -0.452 e. The van der Waals surface area contributed by atoms with Crippen LogP contribution >= 0.6 is 11.6 Å². The fraction of sp³-hybridized carbons (Fsp3) is 0.318. The Bertz CT molecular complexity index is 942. The number of carbonyl (C=O) groups excluding carboxylic acids is 3. The number of hydrogen-bond donors (Lipinski definition) is 2. The lowest BCUT2D eigenvalue weighted by Crippen LogP contribution is -2.35. The zero-order chi connectivity index (χ0) is 20.8. The molecule has 1 aliphatic carbocycles. The van der Waals surface area contributed by atoms with Gasteiger partial charge in [0.25, 0.3) is 5.91 Å². The number of rotatable bonds is 6. The van der Waals surface area contributed by atoms with E-state index in [1.807, 2.05) is 12.1 Å². The van der Waals surface area contributed by atoms with Crippen molar-refractivity contribution in [2.45, 2.75) is 32.6 Å². The number of esters is 1. The molecule has 2 N–H and O–H groups in total. The van der Waals surface area contributed by atoms with Gasteiger partial charge in [0.05, 0.1) is 12.1 Å². The van der Waals surface area contributed by atoms with Crippen molar-refractivity contribution in [1.29, 1.82) is 0 Å². The van der Waals surface area contributed by atoms with Gasteiger partial charge >= 0.3 is 5.97 Å². The number of amides is 2. The summed E-state index contributed by atoms with van der Waals surface area (Å²) >= 11 is 6.02. The topological polar surface area (TPSA) is 84.5 Å². The number of carbonyl (C=O) groups is 3. The zero-order valence-corrected chi connectivity index (χ0v) is 17.0. The van der Waals surface area contributed by atoms with Crippen molar-refractivity contribution in [3.63, 3.8) is 0 Å². The Morgan fingerprint density at radius 2 is 1.79 bits per heavy atom. The van der Waals surface area contributed by atoms with E-state index in [-0.39, 0.29) is 6.54 Å². The predicted molar refractivity (Wildman–Crippen MR) is 111 cm³/mol. The lowest BCUT2D eigenvalue weighted by Gasteiger charge is -2.16. The Kier molecular flexibility index (Phi) is 6.88.